The molecule has 0 atom stereocenters. The fraction of sp³-hybridized carbons (Fsp3) is 0.300. The molecule has 16 heavy (non-hydrogen) atoms. The third-order valence-corrected chi connectivity index (χ3v) is 2.13. The van der Waals surface area contributed by atoms with Gasteiger partial charge in [0, 0.05) is 6.07 Å². The third kappa shape index (κ3) is 2.33. The van der Waals surface area contributed by atoms with Gasteiger partial charge in [-0.2, -0.15) is 4.39 Å². The number of hydrogen-bond acceptors (Lipinski definition) is 5. The summed E-state index contributed by atoms with van der Waals surface area (Å²) in [6.45, 7) is 4.08. The van der Waals surface area contributed by atoms with Crippen molar-refractivity contribution in [3.05, 3.63) is 35.7 Å². The summed E-state index contributed by atoms with van der Waals surface area (Å²) in [5.74, 6) is 1.16. The van der Waals surface area contributed by atoms with Crippen molar-refractivity contribution in [3.8, 4) is 0 Å². The summed E-state index contributed by atoms with van der Waals surface area (Å²) in [4.78, 5) is 11.4. The first-order valence-corrected chi connectivity index (χ1v) is 4.79. The van der Waals surface area contributed by atoms with Crippen LogP contribution in [0.15, 0.2) is 16.8 Å². The lowest BCUT2D eigenvalue weighted by Gasteiger charge is -2.01. The molecule has 2 aromatic heterocycles. The van der Waals surface area contributed by atoms with Crippen LogP contribution < -0.4 is 5.32 Å². The Labute approximate surface area is 91.8 Å². The van der Waals surface area contributed by atoms with Crippen molar-refractivity contribution in [2.45, 2.75) is 20.4 Å². The Bertz CT molecular complexity index is 478. The lowest BCUT2D eigenvalue weighted by molar-refractivity contribution is 0.478. The van der Waals surface area contributed by atoms with Crippen LogP contribution in [0.25, 0.3) is 0 Å². The zero-order valence-electron chi connectivity index (χ0n) is 8.99. The molecule has 0 saturated carbocycles. The summed E-state index contributed by atoms with van der Waals surface area (Å²) >= 11 is 0. The standard InChI is InChI=1S/C10H11FN4O/c1-6-7(2)16-10(15-6)4-12-9-3-8(11)13-5-14-9/h3,5H,4H2,1-2H3,(H,12,13,14). The Morgan fingerprint density at radius 1 is 1.38 bits per heavy atom. The summed E-state index contributed by atoms with van der Waals surface area (Å²) in [6.07, 6.45) is 1.16. The molecule has 0 amide bonds. The Balaban J connectivity index is 2.02. The summed E-state index contributed by atoms with van der Waals surface area (Å²) in [5.41, 5.74) is 0.852. The molecule has 0 bridgehead atoms. The molecule has 0 spiro atoms. The van der Waals surface area contributed by atoms with E-state index in [1.54, 1.807) is 0 Å². The van der Waals surface area contributed by atoms with E-state index in [1.165, 1.54) is 6.07 Å². The van der Waals surface area contributed by atoms with Crippen LogP contribution in [0.5, 0.6) is 0 Å². The van der Waals surface area contributed by atoms with Crippen molar-refractivity contribution < 1.29 is 8.81 Å². The Kier molecular flexibility index (Phi) is 2.80. The molecule has 0 fully saturated rings. The second kappa shape index (κ2) is 4.26. The van der Waals surface area contributed by atoms with E-state index in [2.05, 4.69) is 20.3 Å². The predicted octanol–water partition coefficient (Wildman–Crippen LogP) is 1.83. The van der Waals surface area contributed by atoms with E-state index in [4.69, 9.17) is 4.42 Å². The molecule has 2 heterocycles. The lowest BCUT2D eigenvalue weighted by Crippen LogP contribution is -2.02. The van der Waals surface area contributed by atoms with Crippen LogP contribution in [-0.2, 0) is 6.54 Å². The van der Waals surface area contributed by atoms with Gasteiger partial charge >= 0.3 is 0 Å². The molecule has 0 aliphatic heterocycles. The van der Waals surface area contributed by atoms with Crippen molar-refractivity contribution in [3.63, 3.8) is 0 Å². The minimum absolute atomic E-state index is 0.366. The number of hydrogen-bond donors (Lipinski definition) is 1. The van der Waals surface area contributed by atoms with Gasteiger partial charge in [-0.05, 0) is 13.8 Å². The SMILES string of the molecule is Cc1nc(CNc2cc(F)ncn2)oc1C. The number of nitrogens with one attached hydrogen (secondary N) is 1. The predicted molar refractivity (Wildman–Crippen MR) is 55.3 cm³/mol. The fourth-order valence-corrected chi connectivity index (χ4v) is 1.21. The Morgan fingerprint density at radius 3 is 2.81 bits per heavy atom. The van der Waals surface area contributed by atoms with E-state index < -0.39 is 5.95 Å². The van der Waals surface area contributed by atoms with Crippen molar-refractivity contribution in [2.24, 2.45) is 0 Å². The van der Waals surface area contributed by atoms with Gasteiger partial charge in [0.2, 0.25) is 11.8 Å². The summed E-state index contributed by atoms with van der Waals surface area (Å²) in [6, 6.07) is 1.21. The topological polar surface area (TPSA) is 63.8 Å². The van der Waals surface area contributed by atoms with Crippen LogP contribution in [0, 0.1) is 19.8 Å². The monoisotopic (exact) mass is 222 g/mol. The quantitative estimate of drug-likeness (QED) is 0.802. The second-order valence-electron chi connectivity index (χ2n) is 3.33. The van der Waals surface area contributed by atoms with Crippen molar-refractivity contribution in [1.29, 1.82) is 0 Å². The van der Waals surface area contributed by atoms with Crippen LogP contribution in [0.3, 0.4) is 0 Å². The number of aryl methyl sites for hydroxylation is 2. The normalized spacial score (nSPS) is 10.4. The van der Waals surface area contributed by atoms with E-state index in [0.717, 1.165) is 17.8 Å². The number of aromatic nitrogens is 3. The number of halogens is 1. The molecular weight excluding hydrogens is 211 g/mol. The molecule has 6 heteroatoms. The first kappa shape index (κ1) is 10.5. The molecule has 0 aliphatic carbocycles. The van der Waals surface area contributed by atoms with Gasteiger partial charge in [0.25, 0.3) is 0 Å². The molecule has 0 aliphatic rings. The maximum atomic E-state index is 12.7. The largest absolute Gasteiger partial charge is 0.444 e. The molecule has 0 radical (unpaired) electrons. The van der Waals surface area contributed by atoms with E-state index in [9.17, 15) is 4.39 Å². The van der Waals surface area contributed by atoms with Crippen molar-refractivity contribution in [2.75, 3.05) is 5.32 Å². The van der Waals surface area contributed by atoms with Gasteiger partial charge in [0.15, 0.2) is 0 Å². The second-order valence-corrected chi connectivity index (χ2v) is 3.33. The highest BCUT2D eigenvalue weighted by Crippen LogP contribution is 2.10. The minimum atomic E-state index is -0.572. The zero-order valence-corrected chi connectivity index (χ0v) is 8.99. The highest BCUT2D eigenvalue weighted by molar-refractivity contribution is 5.32. The first-order valence-electron chi connectivity index (χ1n) is 4.79. The third-order valence-electron chi connectivity index (χ3n) is 2.13. The number of anilines is 1. The lowest BCUT2D eigenvalue weighted by atomic mass is 10.4. The molecule has 1 N–H and O–H groups in total. The average Bonchev–Trinajstić information content (AvgIpc) is 2.56. The Hall–Kier alpha value is -1.98. The molecule has 5 nitrogen and oxygen atoms in total. The van der Waals surface area contributed by atoms with Gasteiger partial charge in [-0.15, -0.1) is 0 Å². The minimum Gasteiger partial charge on any atom is -0.444 e. The smallest absolute Gasteiger partial charge is 0.217 e. The zero-order chi connectivity index (χ0) is 11.5. The fourth-order valence-electron chi connectivity index (χ4n) is 1.21. The molecular formula is C10H11FN4O. The van der Waals surface area contributed by atoms with Gasteiger partial charge in [-0.25, -0.2) is 15.0 Å². The van der Waals surface area contributed by atoms with Gasteiger partial charge in [0.05, 0.1) is 12.2 Å². The van der Waals surface area contributed by atoms with Crippen molar-refractivity contribution in [1.82, 2.24) is 15.0 Å². The molecule has 2 aromatic rings. The highest BCUT2D eigenvalue weighted by Gasteiger charge is 2.05. The number of oxazole rings is 1. The van der Waals surface area contributed by atoms with Gasteiger partial charge in [0.1, 0.15) is 17.9 Å². The van der Waals surface area contributed by atoms with Gasteiger partial charge < -0.3 is 9.73 Å². The summed E-state index contributed by atoms with van der Waals surface area (Å²) < 4.78 is 18.1. The van der Waals surface area contributed by atoms with Crippen LogP contribution in [0.1, 0.15) is 17.3 Å². The maximum absolute atomic E-state index is 12.7. The van der Waals surface area contributed by atoms with E-state index in [0.29, 0.717) is 18.3 Å². The van der Waals surface area contributed by atoms with Crippen molar-refractivity contribution >= 4 is 5.82 Å². The maximum Gasteiger partial charge on any atom is 0.217 e. The van der Waals surface area contributed by atoms with E-state index in [1.807, 2.05) is 13.8 Å². The number of nitrogens with zero attached hydrogens (tertiary/aromatic N) is 3. The van der Waals surface area contributed by atoms with Crippen LogP contribution >= 0.6 is 0 Å². The number of rotatable bonds is 3. The van der Waals surface area contributed by atoms with Crippen LogP contribution in [-0.4, -0.2) is 15.0 Å². The Morgan fingerprint density at radius 2 is 2.19 bits per heavy atom. The van der Waals surface area contributed by atoms with Crippen LogP contribution in [0.2, 0.25) is 0 Å². The summed E-state index contributed by atoms with van der Waals surface area (Å²) in [5, 5.41) is 2.89. The molecule has 0 aromatic carbocycles. The molecule has 0 saturated heterocycles. The molecule has 2 rings (SSSR count). The van der Waals surface area contributed by atoms with Gasteiger partial charge in [-0.3, -0.25) is 0 Å². The van der Waals surface area contributed by atoms with Gasteiger partial charge in [-0.1, -0.05) is 0 Å². The van der Waals surface area contributed by atoms with Crippen LogP contribution in [0.4, 0.5) is 10.2 Å². The summed E-state index contributed by atoms with van der Waals surface area (Å²) in [7, 11) is 0. The molecule has 0 unspecified atom stereocenters. The average molecular weight is 222 g/mol. The first-order chi connectivity index (χ1) is 7.65. The highest BCUT2D eigenvalue weighted by atomic mass is 19.1. The van der Waals surface area contributed by atoms with E-state index in [-0.39, 0.29) is 0 Å². The molecule has 84 valence electrons. The van der Waals surface area contributed by atoms with E-state index >= 15 is 0 Å².